The molecule has 0 saturated heterocycles. The number of azo groups is 2. The van der Waals surface area contributed by atoms with Gasteiger partial charge < -0.3 is 25.1 Å². The Balaban J connectivity index is 0.000000272. The van der Waals surface area contributed by atoms with Gasteiger partial charge in [-0.1, -0.05) is 22.7 Å². The van der Waals surface area contributed by atoms with Crippen molar-refractivity contribution in [3.8, 4) is 11.5 Å². The van der Waals surface area contributed by atoms with Crippen LogP contribution in [-0.2, 0) is 16.5 Å². The Hall–Kier alpha value is -5.44. The molecule has 0 spiro atoms. The van der Waals surface area contributed by atoms with Crippen molar-refractivity contribution in [2.75, 3.05) is 16.3 Å². The molecule has 4 aromatic carbocycles. The van der Waals surface area contributed by atoms with E-state index in [1.165, 1.54) is 47.7 Å². The van der Waals surface area contributed by atoms with Crippen molar-refractivity contribution >= 4 is 99.5 Å². The number of phenolic OH excluding ortho intramolecular Hbond substituents is 2. The standard InChI is InChI=1S/C21H21F3N4O3S2.C19H21N5O3S.Ni/c1-5-28(20(2,3)4)14-10-15(29)13(9-17(14)33-21(22,23)24)26-27-19-25-12-7-6-11(18(30)31)8-16(12)32-19;1-11(2)23(12(3)4)13-5-7-15(17(25)9-13)21-22-19-20-16-8-6-14(24(26)27)10-18(16)28-19;/h6-10,29H,5H2,1-4H3,(H,30,31);5-12,25H,1-4H3;. The molecule has 3 N–H and O–H groups in total. The summed E-state index contributed by atoms with van der Waals surface area (Å²) in [5, 5.41) is 57.4. The fourth-order valence-corrected chi connectivity index (χ4v) is 8.68. The number of rotatable bonds is 12. The number of carbonyl (C=O) groups is 1. The minimum atomic E-state index is -4.54. The topological polar surface area (TPSA) is 203 Å². The van der Waals surface area contributed by atoms with E-state index in [0.29, 0.717) is 49.9 Å². The van der Waals surface area contributed by atoms with E-state index < -0.39 is 21.9 Å². The number of thiazole rings is 2. The molecule has 15 nitrogen and oxygen atoms in total. The number of aromatic nitrogens is 2. The van der Waals surface area contributed by atoms with Gasteiger partial charge in [0.1, 0.15) is 22.9 Å². The molecule has 0 atom stereocenters. The van der Waals surface area contributed by atoms with Crippen molar-refractivity contribution in [3.63, 3.8) is 0 Å². The zero-order valence-corrected chi connectivity index (χ0v) is 37.9. The summed E-state index contributed by atoms with van der Waals surface area (Å²) in [4.78, 5) is 33.9. The summed E-state index contributed by atoms with van der Waals surface area (Å²) < 4.78 is 41.0. The number of thioether (sulfide) groups is 1. The smallest absolute Gasteiger partial charge is 0.446 e. The van der Waals surface area contributed by atoms with Crippen LogP contribution in [0, 0.1) is 10.1 Å². The number of anilines is 2. The minimum Gasteiger partial charge on any atom is -0.506 e. The van der Waals surface area contributed by atoms with Gasteiger partial charge in [-0.2, -0.15) is 13.2 Å². The van der Waals surface area contributed by atoms with Crippen LogP contribution in [0.4, 0.5) is 51.9 Å². The second kappa shape index (κ2) is 20.2. The molecule has 2 aromatic heterocycles. The Kier molecular flexibility index (Phi) is 16.0. The first-order valence-electron chi connectivity index (χ1n) is 18.6. The van der Waals surface area contributed by atoms with Crippen LogP contribution < -0.4 is 9.80 Å². The van der Waals surface area contributed by atoms with Crippen molar-refractivity contribution in [3.05, 3.63) is 82.4 Å². The SMILES string of the molecule is CC(C)N(c1ccc(N=Nc2nc3ccc([N+](=O)[O-])cc3s2)c(O)c1)C(C)C.CCN(c1cc(O)c(N=Nc2nc3ccc(C(=O)O)cc3s2)cc1SC(F)(F)F)C(C)(C)C.[Ni]. The second-order valence-corrected chi connectivity index (χ2v) is 18.0. The maximum absolute atomic E-state index is 13.3. The number of hydrogen-bond donors (Lipinski definition) is 3. The molecule has 0 fully saturated rings. The van der Waals surface area contributed by atoms with Crippen LogP contribution in [0.2, 0.25) is 0 Å². The Morgan fingerprint density at radius 3 is 1.87 bits per heavy atom. The Morgan fingerprint density at radius 2 is 1.37 bits per heavy atom. The van der Waals surface area contributed by atoms with Crippen molar-refractivity contribution in [1.29, 1.82) is 0 Å². The first-order chi connectivity index (χ1) is 28.5. The van der Waals surface area contributed by atoms with Crippen LogP contribution in [0.25, 0.3) is 20.4 Å². The van der Waals surface area contributed by atoms with Crippen molar-refractivity contribution in [2.45, 2.75) is 83.4 Å². The number of nitro groups is 1. The molecule has 0 radical (unpaired) electrons. The Bertz CT molecular complexity index is 2620. The van der Waals surface area contributed by atoms with Gasteiger partial charge in [-0.25, -0.2) is 14.8 Å². The maximum atomic E-state index is 13.3. The van der Waals surface area contributed by atoms with Crippen LogP contribution >= 0.6 is 34.4 Å². The molecule has 0 aliphatic heterocycles. The summed E-state index contributed by atoms with van der Waals surface area (Å²) in [6.45, 7) is 16.2. The molecule has 0 aliphatic carbocycles. The van der Waals surface area contributed by atoms with Gasteiger partial charge in [0, 0.05) is 75.5 Å². The van der Waals surface area contributed by atoms with Crippen LogP contribution in [0.1, 0.15) is 65.7 Å². The predicted octanol–water partition coefficient (Wildman–Crippen LogP) is 13.3. The summed E-state index contributed by atoms with van der Waals surface area (Å²) in [6, 6.07) is 17.1. The molecular formula is C40H42F3N9NiO6S3. The van der Waals surface area contributed by atoms with Gasteiger partial charge >= 0.3 is 11.5 Å². The molecule has 0 saturated carbocycles. The summed E-state index contributed by atoms with van der Waals surface area (Å²) in [6.07, 6.45) is 0. The Morgan fingerprint density at radius 1 is 0.823 bits per heavy atom. The molecule has 0 unspecified atom stereocenters. The van der Waals surface area contributed by atoms with Crippen molar-refractivity contribution in [1.82, 2.24) is 9.97 Å². The number of alkyl halides is 3. The van der Waals surface area contributed by atoms with E-state index >= 15 is 0 Å². The van der Waals surface area contributed by atoms with Gasteiger partial charge in [0.25, 0.3) is 5.69 Å². The van der Waals surface area contributed by atoms with Gasteiger partial charge in [0.15, 0.2) is 0 Å². The molecule has 6 aromatic rings. The van der Waals surface area contributed by atoms with Gasteiger partial charge in [-0.3, -0.25) is 10.1 Å². The van der Waals surface area contributed by atoms with Gasteiger partial charge in [-0.15, -0.1) is 20.5 Å². The number of nitrogens with zero attached hydrogens (tertiary/aromatic N) is 9. The monoisotopic (exact) mass is 955 g/mol. The molecule has 22 heteroatoms. The minimum absolute atomic E-state index is 0. The summed E-state index contributed by atoms with van der Waals surface area (Å²) in [7, 11) is 0. The van der Waals surface area contributed by atoms with E-state index in [-0.39, 0.29) is 72.4 Å². The van der Waals surface area contributed by atoms with E-state index in [4.69, 9.17) is 5.11 Å². The summed E-state index contributed by atoms with van der Waals surface area (Å²) >= 11 is 1.99. The molecule has 0 aliphatic rings. The summed E-state index contributed by atoms with van der Waals surface area (Å²) in [5.41, 5.74) is -2.44. The van der Waals surface area contributed by atoms with E-state index in [0.717, 1.165) is 23.1 Å². The van der Waals surface area contributed by atoms with E-state index in [1.807, 2.05) is 33.8 Å². The van der Waals surface area contributed by atoms with Crippen molar-refractivity contribution < 1.29 is 54.7 Å². The number of aromatic carboxylic acids is 1. The summed E-state index contributed by atoms with van der Waals surface area (Å²) in [5.74, 6) is -1.37. The third-order valence-corrected chi connectivity index (χ3v) is 11.3. The third kappa shape index (κ3) is 12.4. The third-order valence-electron chi connectivity index (χ3n) is 8.75. The molecule has 6 rings (SSSR count). The molecule has 0 amide bonds. The fraction of sp³-hybridized carbons (Fsp3) is 0.325. The fourth-order valence-electron chi connectivity index (χ4n) is 6.34. The number of benzene rings is 4. The number of phenols is 2. The Labute approximate surface area is 376 Å². The zero-order chi connectivity index (χ0) is 45.0. The number of carboxylic acid groups (broad SMARTS) is 1. The number of aromatic hydroxyl groups is 2. The van der Waals surface area contributed by atoms with Crippen LogP contribution in [0.5, 0.6) is 11.5 Å². The zero-order valence-electron chi connectivity index (χ0n) is 34.5. The predicted molar refractivity (Wildman–Crippen MR) is 235 cm³/mol. The molecule has 332 valence electrons. The van der Waals surface area contributed by atoms with Gasteiger partial charge in [0.2, 0.25) is 10.3 Å². The average molecular weight is 957 g/mol. The van der Waals surface area contributed by atoms with Crippen LogP contribution in [-0.4, -0.2) is 65.9 Å². The van der Waals surface area contributed by atoms with Crippen molar-refractivity contribution in [2.24, 2.45) is 20.5 Å². The van der Waals surface area contributed by atoms with E-state index in [9.17, 15) is 38.3 Å². The number of fused-ring (bicyclic) bond motifs is 2. The van der Waals surface area contributed by atoms with E-state index in [2.05, 4.69) is 63.0 Å². The normalized spacial score (nSPS) is 12.0. The number of non-ortho nitro benzene ring substituents is 1. The van der Waals surface area contributed by atoms with E-state index in [1.54, 1.807) is 23.1 Å². The number of carboxylic acids is 1. The van der Waals surface area contributed by atoms with Crippen LogP contribution in [0.3, 0.4) is 0 Å². The first-order valence-corrected chi connectivity index (χ1v) is 21.0. The van der Waals surface area contributed by atoms with Crippen LogP contribution in [0.15, 0.2) is 92.1 Å². The van der Waals surface area contributed by atoms with Gasteiger partial charge in [-0.05, 0) is 110 Å². The van der Waals surface area contributed by atoms with Gasteiger partial charge in [0.05, 0.1) is 36.6 Å². The first kappa shape index (κ1) is 49.2. The average Bonchev–Trinajstić information content (AvgIpc) is 3.77. The molecule has 2 heterocycles. The number of halogens is 3. The number of hydrogen-bond acceptors (Lipinski definition) is 16. The second-order valence-electron chi connectivity index (χ2n) is 14.8. The molecular weight excluding hydrogens is 914 g/mol. The quantitative estimate of drug-likeness (QED) is 0.0346. The maximum Gasteiger partial charge on any atom is 0.446 e. The number of nitro benzene ring substituents is 1. The largest absolute Gasteiger partial charge is 0.506 e. The molecule has 0 bridgehead atoms. The molecule has 62 heavy (non-hydrogen) atoms.